The lowest BCUT2D eigenvalue weighted by Crippen LogP contribution is -2.43. The third-order valence-electron chi connectivity index (χ3n) is 4.13. The number of pyridine rings is 1. The molecule has 1 unspecified atom stereocenters. The number of carbonyl (C=O) groups excluding carboxylic acids is 2. The maximum atomic E-state index is 12.3. The van der Waals surface area contributed by atoms with Crippen LogP contribution >= 0.6 is 12.6 Å². The molecule has 1 aromatic heterocycles. The van der Waals surface area contributed by atoms with Crippen LogP contribution in [0.5, 0.6) is 0 Å². The maximum absolute atomic E-state index is 12.3. The molecule has 1 atom stereocenters. The molecule has 1 fully saturated rings. The molecular formula is C18H26N2O3S. The summed E-state index contributed by atoms with van der Waals surface area (Å²) in [6.45, 7) is 6.91. The first-order valence-electron chi connectivity index (χ1n) is 8.35. The number of piperidine rings is 1. The van der Waals surface area contributed by atoms with E-state index in [0.29, 0.717) is 31.0 Å². The van der Waals surface area contributed by atoms with Crippen molar-refractivity contribution >= 4 is 24.5 Å². The molecular weight excluding hydrogens is 324 g/mol. The highest BCUT2D eigenvalue weighted by atomic mass is 32.1. The van der Waals surface area contributed by atoms with Crippen molar-refractivity contribution in [3.63, 3.8) is 0 Å². The zero-order chi connectivity index (χ0) is 17.7. The molecule has 1 saturated heterocycles. The van der Waals surface area contributed by atoms with E-state index in [1.165, 1.54) is 0 Å². The lowest BCUT2D eigenvalue weighted by Gasteiger charge is -2.35. The number of hydrogen-bond donors (Lipinski definition) is 1. The van der Waals surface area contributed by atoms with Gasteiger partial charge in [0.05, 0.1) is 0 Å². The van der Waals surface area contributed by atoms with Crippen LogP contribution in [0.3, 0.4) is 0 Å². The van der Waals surface area contributed by atoms with Gasteiger partial charge in [0.1, 0.15) is 5.60 Å². The van der Waals surface area contributed by atoms with Gasteiger partial charge in [-0.2, -0.15) is 12.6 Å². The zero-order valence-electron chi connectivity index (χ0n) is 14.6. The van der Waals surface area contributed by atoms with Crippen molar-refractivity contribution in [3.05, 3.63) is 30.1 Å². The van der Waals surface area contributed by atoms with Gasteiger partial charge >= 0.3 is 6.09 Å². The van der Waals surface area contributed by atoms with E-state index in [0.717, 1.165) is 12.8 Å². The molecule has 2 heterocycles. The van der Waals surface area contributed by atoms with Crippen molar-refractivity contribution in [1.29, 1.82) is 0 Å². The van der Waals surface area contributed by atoms with E-state index in [1.807, 2.05) is 20.8 Å². The normalized spacial score (nSPS) is 17.4. The summed E-state index contributed by atoms with van der Waals surface area (Å²) in [4.78, 5) is 30.0. The fourth-order valence-corrected chi connectivity index (χ4v) is 3.27. The van der Waals surface area contributed by atoms with E-state index in [2.05, 4.69) is 17.6 Å². The molecule has 0 N–H and O–H groups in total. The number of thiol groups is 1. The minimum atomic E-state index is -0.475. The Morgan fingerprint density at radius 2 is 1.88 bits per heavy atom. The van der Waals surface area contributed by atoms with Crippen LogP contribution in [0.2, 0.25) is 0 Å². The number of likely N-dealkylation sites (tertiary alicyclic amines) is 1. The van der Waals surface area contributed by atoms with Crippen LogP contribution in [0, 0.1) is 5.92 Å². The van der Waals surface area contributed by atoms with E-state index in [1.54, 1.807) is 29.4 Å². The van der Waals surface area contributed by atoms with Gasteiger partial charge < -0.3 is 9.64 Å². The number of rotatable bonds is 4. The molecule has 0 aromatic carbocycles. The SMILES string of the molecule is CC(C)(C)OC(=O)N1CCC(C(S)CC(=O)c2ccncc2)CC1. The fourth-order valence-electron chi connectivity index (χ4n) is 2.81. The average Bonchev–Trinajstić information content (AvgIpc) is 2.54. The van der Waals surface area contributed by atoms with Gasteiger partial charge in [0, 0.05) is 42.7 Å². The summed E-state index contributed by atoms with van der Waals surface area (Å²) in [5, 5.41) is 0.00597. The van der Waals surface area contributed by atoms with Crippen LogP contribution in [0.15, 0.2) is 24.5 Å². The number of amides is 1. The van der Waals surface area contributed by atoms with Crippen LogP contribution in [0.1, 0.15) is 50.4 Å². The second-order valence-corrected chi connectivity index (χ2v) is 7.90. The van der Waals surface area contributed by atoms with Crippen LogP contribution in [0.4, 0.5) is 4.79 Å². The first kappa shape index (κ1) is 18.8. The molecule has 5 nitrogen and oxygen atoms in total. The quantitative estimate of drug-likeness (QED) is 0.666. The lowest BCUT2D eigenvalue weighted by molar-refractivity contribution is 0.0182. The highest BCUT2D eigenvalue weighted by Gasteiger charge is 2.30. The number of Topliss-reactive ketones (excluding diaryl/α,β-unsaturated/α-hetero) is 1. The van der Waals surface area contributed by atoms with E-state index < -0.39 is 5.60 Å². The Balaban J connectivity index is 1.81. The Labute approximate surface area is 149 Å². The Hall–Kier alpha value is -1.56. The van der Waals surface area contributed by atoms with E-state index in [9.17, 15) is 9.59 Å². The van der Waals surface area contributed by atoms with Crippen molar-refractivity contribution in [2.24, 2.45) is 5.92 Å². The van der Waals surface area contributed by atoms with Crippen LogP contribution in [-0.4, -0.2) is 45.7 Å². The third-order valence-corrected chi connectivity index (χ3v) is 4.74. The Morgan fingerprint density at radius 1 is 1.29 bits per heavy atom. The van der Waals surface area contributed by atoms with Gasteiger partial charge in [0.2, 0.25) is 0 Å². The second kappa shape index (κ2) is 8.01. The van der Waals surface area contributed by atoms with Crippen molar-refractivity contribution < 1.29 is 14.3 Å². The molecule has 0 saturated carbocycles. The summed E-state index contributed by atoms with van der Waals surface area (Å²) in [7, 11) is 0. The van der Waals surface area contributed by atoms with Crippen molar-refractivity contribution in [3.8, 4) is 0 Å². The molecule has 0 radical (unpaired) electrons. The monoisotopic (exact) mass is 350 g/mol. The molecule has 0 spiro atoms. The Morgan fingerprint density at radius 3 is 2.42 bits per heavy atom. The molecule has 132 valence electrons. The minimum Gasteiger partial charge on any atom is -0.444 e. The van der Waals surface area contributed by atoms with Gasteiger partial charge in [0.25, 0.3) is 0 Å². The molecule has 0 aliphatic carbocycles. The predicted octanol–water partition coefficient (Wildman–Crippen LogP) is 3.60. The van der Waals surface area contributed by atoms with Gasteiger partial charge in [-0.25, -0.2) is 4.79 Å². The molecule has 6 heteroatoms. The minimum absolute atomic E-state index is 0.00597. The molecule has 2 rings (SSSR count). The van der Waals surface area contributed by atoms with Crippen LogP contribution in [0.25, 0.3) is 0 Å². The molecule has 1 aliphatic heterocycles. The van der Waals surface area contributed by atoms with Crippen molar-refractivity contribution in [1.82, 2.24) is 9.88 Å². The first-order valence-corrected chi connectivity index (χ1v) is 8.87. The number of nitrogens with zero attached hydrogens (tertiary/aromatic N) is 2. The molecule has 1 amide bonds. The van der Waals surface area contributed by atoms with Crippen molar-refractivity contribution in [2.75, 3.05) is 13.1 Å². The van der Waals surface area contributed by atoms with Gasteiger partial charge in [0.15, 0.2) is 5.78 Å². The van der Waals surface area contributed by atoms with Gasteiger partial charge in [-0.3, -0.25) is 9.78 Å². The number of ketones is 1. The molecule has 0 bridgehead atoms. The van der Waals surface area contributed by atoms with Crippen LogP contribution < -0.4 is 0 Å². The maximum Gasteiger partial charge on any atom is 0.410 e. The predicted molar refractivity (Wildman–Crippen MR) is 96.5 cm³/mol. The number of hydrogen-bond acceptors (Lipinski definition) is 5. The topological polar surface area (TPSA) is 59.5 Å². The van der Waals surface area contributed by atoms with Gasteiger partial charge in [-0.1, -0.05) is 0 Å². The summed E-state index contributed by atoms with van der Waals surface area (Å²) in [5.74, 6) is 0.421. The Bertz CT molecular complexity index is 563. The standard InChI is InChI=1S/C18H26N2O3S/c1-18(2,3)23-17(22)20-10-6-14(7-11-20)16(24)12-15(21)13-4-8-19-9-5-13/h4-5,8-9,14,16,24H,6-7,10-12H2,1-3H3. The third kappa shape index (κ3) is 5.51. The summed E-state index contributed by atoms with van der Waals surface area (Å²) >= 11 is 4.64. The van der Waals surface area contributed by atoms with Gasteiger partial charge in [-0.05, 0) is 51.7 Å². The highest BCUT2D eigenvalue weighted by molar-refractivity contribution is 7.81. The first-order chi connectivity index (χ1) is 11.3. The van der Waals surface area contributed by atoms with E-state index in [4.69, 9.17) is 4.74 Å². The van der Waals surface area contributed by atoms with Crippen molar-refractivity contribution in [2.45, 2.75) is 50.9 Å². The van der Waals surface area contributed by atoms with Gasteiger partial charge in [-0.15, -0.1) is 0 Å². The number of carbonyl (C=O) groups is 2. The lowest BCUT2D eigenvalue weighted by atomic mass is 9.90. The molecule has 1 aromatic rings. The summed E-state index contributed by atoms with van der Waals surface area (Å²) in [6.07, 6.45) is 5.09. The smallest absolute Gasteiger partial charge is 0.410 e. The largest absolute Gasteiger partial charge is 0.444 e. The number of aromatic nitrogens is 1. The molecule has 1 aliphatic rings. The highest BCUT2D eigenvalue weighted by Crippen LogP contribution is 2.27. The van der Waals surface area contributed by atoms with E-state index in [-0.39, 0.29) is 17.1 Å². The summed E-state index contributed by atoms with van der Waals surface area (Å²) in [6, 6.07) is 3.46. The summed E-state index contributed by atoms with van der Waals surface area (Å²) in [5.41, 5.74) is 0.201. The van der Waals surface area contributed by atoms with E-state index >= 15 is 0 Å². The molecule has 24 heavy (non-hydrogen) atoms. The average molecular weight is 350 g/mol. The van der Waals surface area contributed by atoms with Crippen LogP contribution in [-0.2, 0) is 4.74 Å². The Kier molecular flexibility index (Phi) is 6.27. The zero-order valence-corrected chi connectivity index (χ0v) is 15.5. The summed E-state index contributed by atoms with van der Waals surface area (Å²) < 4.78 is 5.40. The fraction of sp³-hybridized carbons (Fsp3) is 0.611. The number of ether oxygens (including phenoxy) is 1. The second-order valence-electron chi connectivity index (χ2n) is 7.24.